The first-order valence-electron chi connectivity index (χ1n) is 10.6. The molecule has 1 aromatic rings. The summed E-state index contributed by atoms with van der Waals surface area (Å²) in [4.78, 5) is 6.92. The molecular formula is C21H40Cl2N4O. The molecule has 7 heteroatoms. The molecule has 0 spiro atoms. The van der Waals surface area contributed by atoms with Gasteiger partial charge in [-0.1, -0.05) is 32.6 Å². The van der Waals surface area contributed by atoms with Crippen molar-refractivity contribution in [3.63, 3.8) is 0 Å². The number of nitrogens with zero attached hydrogens (tertiary/aromatic N) is 2. The van der Waals surface area contributed by atoms with Crippen molar-refractivity contribution >= 4 is 30.5 Å². The Morgan fingerprint density at radius 2 is 1.86 bits per heavy atom. The van der Waals surface area contributed by atoms with Crippen molar-refractivity contribution in [1.29, 1.82) is 0 Å². The third kappa shape index (κ3) is 9.27. The lowest BCUT2D eigenvalue weighted by Gasteiger charge is -2.32. The summed E-state index contributed by atoms with van der Waals surface area (Å²) in [6.45, 7) is 9.11. The van der Waals surface area contributed by atoms with Gasteiger partial charge in [-0.25, -0.2) is 0 Å². The van der Waals surface area contributed by atoms with Gasteiger partial charge in [0.15, 0.2) is 0 Å². The van der Waals surface area contributed by atoms with E-state index in [0.717, 1.165) is 57.7 Å². The highest BCUT2D eigenvalue weighted by Crippen LogP contribution is 2.31. The Balaban J connectivity index is 0.00000364. The van der Waals surface area contributed by atoms with Crippen molar-refractivity contribution in [3.05, 3.63) is 24.0 Å². The summed E-state index contributed by atoms with van der Waals surface area (Å²) in [5.41, 5.74) is 2.34. The number of pyridine rings is 1. The monoisotopic (exact) mass is 434 g/mol. The Kier molecular flexibility index (Phi) is 15.9. The molecule has 1 aliphatic rings. The molecule has 2 heterocycles. The molecule has 1 fully saturated rings. The summed E-state index contributed by atoms with van der Waals surface area (Å²) in [5.74, 6) is 0.416. The fourth-order valence-electron chi connectivity index (χ4n) is 3.83. The summed E-state index contributed by atoms with van der Waals surface area (Å²) in [7, 11) is 0. The van der Waals surface area contributed by atoms with Crippen molar-refractivity contribution in [2.24, 2.45) is 0 Å². The number of aliphatic hydroxyl groups excluding tert-OH is 1. The second-order valence-electron chi connectivity index (χ2n) is 7.36. The highest BCUT2D eigenvalue weighted by Gasteiger charge is 2.22. The maximum absolute atomic E-state index is 10.6. The number of hydrogen-bond donors (Lipinski definition) is 3. The van der Waals surface area contributed by atoms with Gasteiger partial charge in [-0.15, -0.1) is 24.8 Å². The van der Waals surface area contributed by atoms with Crippen molar-refractivity contribution in [3.8, 4) is 0 Å². The number of aliphatic hydroxyl groups is 1. The SMILES string of the molecule is CCCCCCC(CCC(O)N1CCNCC1)c1ncccc1NCC.Cl.Cl. The van der Waals surface area contributed by atoms with E-state index in [0.29, 0.717) is 5.92 Å². The van der Waals surface area contributed by atoms with Gasteiger partial charge in [0.2, 0.25) is 0 Å². The molecule has 5 nitrogen and oxygen atoms in total. The molecule has 2 atom stereocenters. The molecule has 0 amide bonds. The van der Waals surface area contributed by atoms with Gasteiger partial charge in [0, 0.05) is 44.8 Å². The molecule has 0 bridgehead atoms. The van der Waals surface area contributed by atoms with Crippen LogP contribution in [0.1, 0.15) is 70.4 Å². The predicted molar refractivity (Wildman–Crippen MR) is 124 cm³/mol. The van der Waals surface area contributed by atoms with Crippen LogP contribution in [-0.2, 0) is 0 Å². The Morgan fingerprint density at radius 3 is 2.54 bits per heavy atom. The van der Waals surface area contributed by atoms with E-state index in [2.05, 4.69) is 35.4 Å². The Hall–Kier alpha value is -0.590. The first kappa shape index (κ1) is 27.4. The summed E-state index contributed by atoms with van der Waals surface area (Å²) < 4.78 is 0. The van der Waals surface area contributed by atoms with Crippen LogP contribution in [0.4, 0.5) is 5.69 Å². The van der Waals surface area contributed by atoms with Crippen LogP contribution in [0.2, 0.25) is 0 Å². The number of unbranched alkanes of at least 4 members (excludes halogenated alkanes) is 3. The second kappa shape index (κ2) is 16.2. The summed E-state index contributed by atoms with van der Waals surface area (Å²) >= 11 is 0. The van der Waals surface area contributed by atoms with E-state index in [1.165, 1.54) is 31.4 Å². The zero-order valence-electron chi connectivity index (χ0n) is 17.5. The van der Waals surface area contributed by atoms with E-state index in [1.54, 1.807) is 0 Å². The van der Waals surface area contributed by atoms with E-state index in [9.17, 15) is 5.11 Å². The van der Waals surface area contributed by atoms with Gasteiger partial charge in [0.05, 0.1) is 11.4 Å². The minimum absolute atomic E-state index is 0. The Labute approximate surface area is 183 Å². The number of halogens is 2. The number of hydrogen-bond acceptors (Lipinski definition) is 5. The van der Waals surface area contributed by atoms with Gasteiger partial charge in [0.1, 0.15) is 6.23 Å². The molecule has 1 saturated heterocycles. The summed E-state index contributed by atoms with van der Waals surface area (Å²) in [6.07, 6.45) is 9.64. The third-order valence-corrected chi connectivity index (χ3v) is 5.35. The van der Waals surface area contributed by atoms with Crippen LogP contribution < -0.4 is 10.6 Å². The molecule has 0 aromatic carbocycles. The fourth-order valence-corrected chi connectivity index (χ4v) is 3.83. The standard InChI is InChI=1S/C21H38N4O.2ClH/c1-3-5-6-7-9-18(21-19(23-4-2)10-8-13-24-21)11-12-20(26)25-16-14-22-15-17-25;;/h8,10,13,18,20,22-23,26H,3-7,9,11-12,14-17H2,1-2H3;2*1H. The molecule has 0 radical (unpaired) electrons. The first-order chi connectivity index (χ1) is 12.8. The van der Waals surface area contributed by atoms with Gasteiger partial charge in [0.25, 0.3) is 0 Å². The van der Waals surface area contributed by atoms with Crippen molar-refractivity contribution < 1.29 is 5.11 Å². The molecule has 3 N–H and O–H groups in total. The average molecular weight is 435 g/mol. The van der Waals surface area contributed by atoms with Crippen LogP contribution in [0.5, 0.6) is 0 Å². The van der Waals surface area contributed by atoms with Crippen molar-refractivity contribution in [2.75, 3.05) is 38.0 Å². The van der Waals surface area contributed by atoms with Crippen LogP contribution in [0, 0.1) is 0 Å². The zero-order chi connectivity index (χ0) is 18.6. The number of nitrogens with one attached hydrogen (secondary N) is 2. The molecule has 2 rings (SSSR count). The Bertz CT molecular complexity index is 501. The van der Waals surface area contributed by atoms with Gasteiger partial charge in [-0.05, 0) is 38.3 Å². The van der Waals surface area contributed by atoms with Crippen LogP contribution in [0.15, 0.2) is 18.3 Å². The van der Waals surface area contributed by atoms with Crippen molar-refractivity contribution in [2.45, 2.75) is 70.9 Å². The minimum atomic E-state index is -0.332. The lowest BCUT2D eigenvalue weighted by Crippen LogP contribution is -2.48. The zero-order valence-corrected chi connectivity index (χ0v) is 19.2. The number of anilines is 1. The fraction of sp³-hybridized carbons (Fsp3) is 0.762. The van der Waals surface area contributed by atoms with E-state index in [1.807, 2.05) is 12.3 Å². The molecule has 164 valence electrons. The van der Waals surface area contributed by atoms with Gasteiger partial charge < -0.3 is 15.7 Å². The summed E-state index contributed by atoms with van der Waals surface area (Å²) in [5, 5.41) is 17.4. The van der Waals surface area contributed by atoms with E-state index < -0.39 is 0 Å². The highest BCUT2D eigenvalue weighted by molar-refractivity contribution is 5.85. The number of aromatic nitrogens is 1. The van der Waals surface area contributed by atoms with Crippen LogP contribution in [-0.4, -0.2) is 53.9 Å². The van der Waals surface area contributed by atoms with Crippen LogP contribution in [0.25, 0.3) is 0 Å². The smallest absolute Gasteiger partial charge is 0.107 e. The molecule has 1 aromatic heterocycles. The molecular weight excluding hydrogens is 395 g/mol. The highest BCUT2D eigenvalue weighted by atomic mass is 35.5. The molecule has 2 unspecified atom stereocenters. The van der Waals surface area contributed by atoms with Crippen LogP contribution >= 0.6 is 24.8 Å². The minimum Gasteiger partial charge on any atom is -0.384 e. The molecule has 0 aliphatic carbocycles. The molecule has 1 aliphatic heterocycles. The van der Waals surface area contributed by atoms with Gasteiger partial charge >= 0.3 is 0 Å². The lowest BCUT2D eigenvalue weighted by atomic mass is 9.91. The van der Waals surface area contributed by atoms with E-state index >= 15 is 0 Å². The second-order valence-corrected chi connectivity index (χ2v) is 7.36. The molecule has 0 saturated carbocycles. The largest absolute Gasteiger partial charge is 0.384 e. The van der Waals surface area contributed by atoms with Gasteiger partial charge in [-0.3, -0.25) is 9.88 Å². The van der Waals surface area contributed by atoms with Gasteiger partial charge in [-0.2, -0.15) is 0 Å². The van der Waals surface area contributed by atoms with E-state index in [4.69, 9.17) is 4.98 Å². The summed E-state index contributed by atoms with van der Waals surface area (Å²) in [6, 6.07) is 4.14. The average Bonchev–Trinajstić information content (AvgIpc) is 2.69. The number of rotatable bonds is 12. The normalized spacial score (nSPS) is 16.5. The predicted octanol–water partition coefficient (Wildman–Crippen LogP) is 4.41. The third-order valence-electron chi connectivity index (χ3n) is 5.35. The molecule has 28 heavy (non-hydrogen) atoms. The van der Waals surface area contributed by atoms with Crippen molar-refractivity contribution in [1.82, 2.24) is 15.2 Å². The first-order valence-corrected chi connectivity index (χ1v) is 10.6. The maximum Gasteiger partial charge on any atom is 0.107 e. The lowest BCUT2D eigenvalue weighted by molar-refractivity contribution is -0.0117. The quantitative estimate of drug-likeness (QED) is 0.425. The maximum atomic E-state index is 10.6. The number of piperazine rings is 1. The topological polar surface area (TPSA) is 60.4 Å². The Morgan fingerprint density at radius 1 is 1.11 bits per heavy atom. The van der Waals surface area contributed by atoms with Crippen LogP contribution in [0.3, 0.4) is 0 Å². The van der Waals surface area contributed by atoms with E-state index in [-0.39, 0.29) is 31.0 Å².